The summed E-state index contributed by atoms with van der Waals surface area (Å²) in [6, 6.07) is 10.2. The predicted octanol–water partition coefficient (Wildman–Crippen LogP) is 4.19. The van der Waals surface area contributed by atoms with Crippen LogP contribution >= 0.6 is 11.3 Å². The van der Waals surface area contributed by atoms with Gasteiger partial charge in [-0.15, -0.1) is 16.4 Å². The molecule has 8 heteroatoms. The number of benzene rings is 1. The van der Waals surface area contributed by atoms with E-state index in [9.17, 15) is 0 Å². The van der Waals surface area contributed by atoms with Crippen molar-refractivity contribution < 1.29 is 0 Å². The Morgan fingerprint density at radius 1 is 1.40 bits per heavy atom. The molecule has 2 aromatic heterocycles. The highest BCUT2D eigenvalue weighted by atomic mass is 32.1. The predicted molar refractivity (Wildman–Crippen MR) is 126 cm³/mol. The van der Waals surface area contributed by atoms with E-state index in [2.05, 4.69) is 67.9 Å². The van der Waals surface area contributed by atoms with Gasteiger partial charge in [0.1, 0.15) is 0 Å². The Morgan fingerprint density at radius 3 is 3.10 bits per heavy atom. The largest absolute Gasteiger partial charge is 0.375 e. The molecule has 2 atom stereocenters. The SMILES string of the molecule is C=N/N=C(/C(Nc1ccc2[nH]cnc2c1)C1CC=CCC1)N(N)CCc1cccs1. The fraction of sp³-hybridized carbons (Fsp3) is 0.318. The number of allylic oxidation sites excluding steroid dienone is 2. The quantitative estimate of drug-likeness (QED) is 0.167. The van der Waals surface area contributed by atoms with Crippen LogP contribution < -0.4 is 11.2 Å². The van der Waals surface area contributed by atoms with Crippen LogP contribution in [0.1, 0.15) is 24.1 Å². The summed E-state index contributed by atoms with van der Waals surface area (Å²) in [6.07, 6.45) is 10.1. The molecular formula is C22H27N7S. The third-order valence-electron chi connectivity index (χ3n) is 5.45. The number of aromatic nitrogens is 2. The van der Waals surface area contributed by atoms with Gasteiger partial charge in [0.15, 0.2) is 5.84 Å². The van der Waals surface area contributed by atoms with Crippen LogP contribution in [0.2, 0.25) is 0 Å². The standard InChI is InChI=1S/C22H27N7S/c1-24-28-22(29(23)12-11-18-8-5-13-30-18)21(16-6-3-2-4-7-16)27-17-9-10-19-20(14-17)26-15-25-19/h2-3,5,8-10,13-16,21,27H,1,4,6-7,11-12,23H2,(H,25,26)/b28-22-. The first kappa shape index (κ1) is 20.3. The van der Waals surface area contributed by atoms with E-state index in [1.165, 1.54) is 4.88 Å². The van der Waals surface area contributed by atoms with Crippen LogP contribution in [0.25, 0.3) is 11.0 Å². The zero-order chi connectivity index (χ0) is 20.8. The normalized spacial score (nSPS) is 17.8. The summed E-state index contributed by atoms with van der Waals surface area (Å²) in [6.45, 7) is 4.25. The van der Waals surface area contributed by atoms with Gasteiger partial charge in [-0.2, -0.15) is 5.10 Å². The summed E-state index contributed by atoms with van der Waals surface area (Å²) in [5, 5.41) is 15.7. The summed E-state index contributed by atoms with van der Waals surface area (Å²) in [7, 11) is 0. The first-order valence-corrected chi connectivity index (χ1v) is 11.1. The molecule has 1 aliphatic rings. The second-order valence-corrected chi connectivity index (χ2v) is 8.46. The number of rotatable bonds is 8. The first-order chi connectivity index (χ1) is 14.7. The summed E-state index contributed by atoms with van der Waals surface area (Å²) < 4.78 is 0. The number of hydrazine groups is 1. The molecule has 156 valence electrons. The topological polar surface area (TPSA) is 94.7 Å². The van der Waals surface area contributed by atoms with E-state index in [1.807, 2.05) is 12.1 Å². The van der Waals surface area contributed by atoms with Gasteiger partial charge in [0, 0.05) is 30.2 Å². The molecule has 2 heterocycles. The molecule has 0 radical (unpaired) electrons. The Morgan fingerprint density at radius 2 is 2.33 bits per heavy atom. The van der Waals surface area contributed by atoms with Gasteiger partial charge in [0.05, 0.1) is 23.4 Å². The lowest BCUT2D eigenvalue weighted by Crippen LogP contribution is -2.50. The Bertz CT molecular complexity index is 1020. The molecule has 1 aromatic carbocycles. The van der Waals surface area contributed by atoms with Crippen LogP contribution in [-0.4, -0.2) is 40.1 Å². The van der Waals surface area contributed by atoms with E-state index in [0.717, 1.165) is 42.4 Å². The highest BCUT2D eigenvalue weighted by Gasteiger charge is 2.29. The maximum atomic E-state index is 6.50. The van der Waals surface area contributed by atoms with E-state index in [-0.39, 0.29) is 6.04 Å². The van der Waals surface area contributed by atoms with Crippen LogP contribution in [0.5, 0.6) is 0 Å². The molecule has 0 amide bonds. The van der Waals surface area contributed by atoms with Gasteiger partial charge in [0.25, 0.3) is 0 Å². The van der Waals surface area contributed by atoms with Gasteiger partial charge in [-0.05, 0) is 54.8 Å². The number of nitrogens with zero attached hydrogens (tertiary/aromatic N) is 4. The molecule has 1 aliphatic carbocycles. The van der Waals surface area contributed by atoms with Crippen LogP contribution in [-0.2, 0) is 6.42 Å². The van der Waals surface area contributed by atoms with Crippen molar-refractivity contribution in [1.29, 1.82) is 0 Å². The van der Waals surface area contributed by atoms with Gasteiger partial charge >= 0.3 is 0 Å². The van der Waals surface area contributed by atoms with Crippen LogP contribution in [0, 0.1) is 5.92 Å². The molecule has 4 N–H and O–H groups in total. The Labute approximate surface area is 180 Å². The van der Waals surface area contributed by atoms with Crippen LogP contribution in [0.4, 0.5) is 5.69 Å². The number of hydrogen-bond acceptors (Lipinski definition) is 6. The van der Waals surface area contributed by atoms with Crippen LogP contribution in [0.15, 0.2) is 64.4 Å². The van der Waals surface area contributed by atoms with Gasteiger partial charge in [-0.1, -0.05) is 18.2 Å². The van der Waals surface area contributed by atoms with Crippen molar-refractivity contribution in [2.75, 3.05) is 11.9 Å². The molecule has 0 saturated heterocycles. The van der Waals surface area contributed by atoms with Crippen molar-refractivity contribution in [3.05, 3.63) is 59.1 Å². The minimum Gasteiger partial charge on any atom is -0.375 e. The molecular weight excluding hydrogens is 394 g/mol. The fourth-order valence-electron chi connectivity index (χ4n) is 3.88. The minimum atomic E-state index is -0.0785. The second-order valence-electron chi connectivity index (χ2n) is 7.42. The van der Waals surface area contributed by atoms with Crippen molar-refractivity contribution >= 4 is 40.6 Å². The van der Waals surface area contributed by atoms with Gasteiger partial charge in [-0.3, -0.25) is 5.01 Å². The second kappa shape index (κ2) is 9.69. The smallest absolute Gasteiger partial charge is 0.164 e. The summed E-state index contributed by atoms with van der Waals surface area (Å²) in [5.74, 6) is 7.57. The lowest BCUT2D eigenvalue weighted by atomic mass is 9.86. The van der Waals surface area contributed by atoms with E-state index < -0.39 is 0 Å². The number of nitrogens with two attached hydrogens (primary N) is 1. The summed E-state index contributed by atoms with van der Waals surface area (Å²) in [4.78, 5) is 8.80. The number of H-pyrrole nitrogens is 1. The number of imidazole rings is 1. The third kappa shape index (κ3) is 4.77. The molecule has 3 aromatic rings. The number of amidine groups is 1. The number of thiophene rings is 1. The molecule has 0 saturated carbocycles. The maximum Gasteiger partial charge on any atom is 0.164 e. The van der Waals surface area contributed by atoms with Gasteiger partial charge < -0.3 is 10.3 Å². The molecule has 7 nitrogen and oxygen atoms in total. The Hall–Kier alpha value is -2.97. The van der Waals surface area contributed by atoms with Gasteiger partial charge in [-0.25, -0.2) is 10.8 Å². The molecule has 0 bridgehead atoms. The average molecular weight is 422 g/mol. The van der Waals surface area contributed by atoms with E-state index in [1.54, 1.807) is 22.7 Å². The number of hydrogen-bond donors (Lipinski definition) is 3. The zero-order valence-corrected chi connectivity index (χ0v) is 17.7. The van der Waals surface area contributed by atoms with Crippen molar-refractivity contribution in [3.8, 4) is 0 Å². The van der Waals surface area contributed by atoms with E-state index in [4.69, 9.17) is 5.84 Å². The fourth-order valence-corrected chi connectivity index (χ4v) is 4.58. The third-order valence-corrected chi connectivity index (χ3v) is 6.39. The highest BCUT2D eigenvalue weighted by molar-refractivity contribution is 7.09. The minimum absolute atomic E-state index is 0.0785. The van der Waals surface area contributed by atoms with Crippen molar-refractivity contribution in [2.24, 2.45) is 22.0 Å². The molecule has 4 rings (SSSR count). The van der Waals surface area contributed by atoms with Gasteiger partial charge in [0.2, 0.25) is 0 Å². The Balaban J connectivity index is 1.58. The summed E-state index contributed by atoms with van der Waals surface area (Å²) >= 11 is 1.74. The van der Waals surface area contributed by atoms with Crippen LogP contribution in [0.3, 0.4) is 0 Å². The maximum absolute atomic E-state index is 6.50. The zero-order valence-electron chi connectivity index (χ0n) is 16.9. The van der Waals surface area contributed by atoms with Crippen molar-refractivity contribution in [2.45, 2.75) is 31.7 Å². The van der Waals surface area contributed by atoms with E-state index >= 15 is 0 Å². The molecule has 0 aliphatic heterocycles. The summed E-state index contributed by atoms with van der Waals surface area (Å²) in [5.41, 5.74) is 2.92. The lowest BCUT2D eigenvalue weighted by molar-refractivity contribution is 0.389. The number of aromatic amines is 1. The molecule has 2 unspecified atom stereocenters. The number of nitrogens with one attached hydrogen (secondary N) is 2. The first-order valence-electron chi connectivity index (χ1n) is 10.2. The van der Waals surface area contributed by atoms with Crippen molar-refractivity contribution in [3.63, 3.8) is 0 Å². The number of fused-ring (bicyclic) bond motifs is 1. The Kier molecular flexibility index (Phi) is 6.56. The average Bonchev–Trinajstić information content (AvgIpc) is 3.46. The highest BCUT2D eigenvalue weighted by Crippen LogP contribution is 2.27. The number of anilines is 1. The van der Waals surface area contributed by atoms with Crippen molar-refractivity contribution in [1.82, 2.24) is 15.0 Å². The molecule has 0 fully saturated rings. The molecule has 0 spiro atoms. The monoisotopic (exact) mass is 421 g/mol. The van der Waals surface area contributed by atoms with E-state index in [0.29, 0.717) is 18.3 Å². The molecule has 30 heavy (non-hydrogen) atoms. The lowest BCUT2D eigenvalue weighted by Gasteiger charge is -2.34.